The molecule has 0 aliphatic heterocycles. The molecule has 2 aromatic carbocycles. The average molecular weight is 295 g/mol. The molecule has 0 aliphatic carbocycles. The Labute approximate surface area is 128 Å². The number of nitrogens with two attached hydrogens (primary N) is 2. The molecule has 0 aliphatic rings. The predicted molar refractivity (Wildman–Crippen MR) is 88.0 cm³/mol. The maximum Gasteiger partial charge on any atom is 0.275 e. The van der Waals surface area contributed by atoms with Crippen molar-refractivity contribution < 1.29 is 9.90 Å². The molecule has 1 amide bonds. The van der Waals surface area contributed by atoms with Gasteiger partial charge >= 0.3 is 0 Å². The maximum atomic E-state index is 11.6. The molecule has 0 bridgehead atoms. The zero-order chi connectivity index (χ0) is 16.1. The van der Waals surface area contributed by atoms with E-state index < -0.39 is 5.91 Å². The van der Waals surface area contributed by atoms with E-state index in [1.54, 1.807) is 31.2 Å². The third-order valence-corrected chi connectivity index (χ3v) is 3.04. The molecule has 112 valence electrons. The van der Waals surface area contributed by atoms with E-state index in [9.17, 15) is 9.90 Å². The van der Waals surface area contributed by atoms with Crippen LogP contribution in [-0.2, 0) is 4.79 Å². The highest BCUT2D eigenvalue weighted by Crippen LogP contribution is 2.24. The van der Waals surface area contributed by atoms with E-state index in [-0.39, 0.29) is 11.7 Å². The molecule has 0 atom stereocenters. The van der Waals surface area contributed by atoms with Crippen molar-refractivity contribution in [3.63, 3.8) is 0 Å². The number of rotatable bonds is 3. The van der Waals surface area contributed by atoms with Crippen molar-refractivity contribution in [2.75, 3.05) is 0 Å². The minimum Gasteiger partial charge on any atom is -0.508 e. The summed E-state index contributed by atoms with van der Waals surface area (Å²) < 4.78 is 0. The molecule has 2 aromatic rings. The molecule has 2 rings (SSSR count). The van der Waals surface area contributed by atoms with Gasteiger partial charge in [0, 0.05) is 5.57 Å². The number of aromatic hydroxyl groups is 1. The summed E-state index contributed by atoms with van der Waals surface area (Å²) in [5.74, 6) is -0.491. The summed E-state index contributed by atoms with van der Waals surface area (Å²) in [6.45, 7) is 1.65. The van der Waals surface area contributed by atoms with Crippen molar-refractivity contribution in [2.24, 2.45) is 16.5 Å². The van der Waals surface area contributed by atoms with E-state index in [1.165, 1.54) is 0 Å². The van der Waals surface area contributed by atoms with Crippen LogP contribution in [0.15, 0.2) is 59.1 Å². The largest absolute Gasteiger partial charge is 0.508 e. The Kier molecular flexibility index (Phi) is 4.58. The van der Waals surface area contributed by atoms with Gasteiger partial charge in [0.15, 0.2) is 5.96 Å². The van der Waals surface area contributed by atoms with Crippen LogP contribution in [0.2, 0.25) is 0 Å². The Balaban J connectivity index is 2.22. The second-order valence-corrected chi connectivity index (χ2v) is 4.84. The molecule has 5 N–H and O–H groups in total. The fourth-order valence-electron chi connectivity index (χ4n) is 1.97. The number of hydrogen-bond acceptors (Lipinski definition) is 2. The van der Waals surface area contributed by atoms with Gasteiger partial charge in [-0.15, -0.1) is 0 Å². The third-order valence-electron chi connectivity index (χ3n) is 3.04. The van der Waals surface area contributed by atoms with Crippen LogP contribution < -0.4 is 11.5 Å². The van der Waals surface area contributed by atoms with Crippen molar-refractivity contribution in [2.45, 2.75) is 6.92 Å². The highest BCUT2D eigenvalue weighted by molar-refractivity contribution is 6.03. The summed E-state index contributed by atoms with van der Waals surface area (Å²) in [7, 11) is 0. The number of benzene rings is 2. The number of phenols is 1. The normalized spacial score (nSPS) is 11.0. The zero-order valence-electron chi connectivity index (χ0n) is 12.2. The number of carbonyl (C=O) groups excluding carboxylic acids is 1. The topological polar surface area (TPSA) is 102 Å². The lowest BCUT2D eigenvalue weighted by Crippen LogP contribution is -2.24. The van der Waals surface area contributed by atoms with E-state index in [1.807, 2.05) is 30.3 Å². The van der Waals surface area contributed by atoms with Crippen LogP contribution in [0.1, 0.15) is 12.5 Å². The van der Waals surface area contributed by atoms with E-state index in [0.29, 0.717) is 5.57 Å². The lowest BCUT2D eigenvalue weighted by atomic mass is 10.0. The van der Waals surface area contributed by atoms with E-state index in [4.69, 9.17) is 11.5 Å². The van der Waals surface area contributed by atoms with Gasteiger partial charge in [0.2, 0.25) is 0 Å². The number of phenolic OH excluding ortho intramolecular Hbond substituents is 1. The van der Waals surface area contributed by atoms with Crippen molar-refractivity contribution in [1.82, 2.24) is 0 Å². The molecule has 0 heterocycles. The maximum absolute atomic E-state index is 11.6. The van der Waals surface area contributed by atoms with Gasteiger partial charge in [-0.05, 0) is 41.8 Å². The Bertz CT molecular complexity index is 743. The fourth-order valence-corrected chi connectivity index (χ4v) is 1.97. The molecule has 0 fully saturated rings. The van der Waals surface area contributed by atoms with Crippen LogP contribution in [0, 0.1) is 0 Å². The lowest BCUT2D eigenvalue weighted by Gasteiger charge is -2.03. The van der Waals surface area contributed by atoms with Crippen molar-refractivity contribution in [3.05, 3.63) is 59.7 Å². The molecule has 0 saturated carbocycles. The Morgan fingerprint density at radius 3 is 2.36 bits per heavy atom. The molecule has 5 nitrogen and oxygen atoms in total. The summed E-state index contributed by atoms with van der Waals surface area (Å²) in [6, 6.07) is 14.6. The highest BCUT2D eigenvalue weighted by Gasteiger charge is 2.03. The van der Waals surface area contributed by atoms with Crippen LogP contribution >= 0.6 is 0 Å². The summed E-state index contributed by atoms with van der Waals surface area (Å²) in [5.41, 5.74) is 13.6. The van der Waals surface area contributed by atoms with Gasteiger partial charge in [0.1, 0.15) is 5.75 Å². The second kappa shape index (κ2) is 6.58. The quantitative estimate of drug-likeness (QED) is 0.459. The minimum absolute atomic E-state index is 0.222. The monoisotopic (exact) mass is 295 g/mol. The number of guanidine groups is 1. The number of carbonyl (C=O) groups is 1. The summed E-state index contributed by atoms with van der Waals surface area (Å²) in [5, 5.41) is 9.50. The van der Waals surface area contributed by atoms with Crippen LogP contribution in [0.4, 0.5) is 0 Å². The van der Waals surface area contributed by atoms with Gasteiger partial charge in [0.25, 0.3) is 5.91 Å². The molecule has 0 radical (unpaired) electrons. The van der Waals surface area contributed by atoms with Crippen LogP contribution in [0.25, 0.3) is 17.2 Å². The van der Waals surface area contributed by atoms with Crippen LogP contribution in [-0.4, -0.2) is 17.0 Å². The molecule has 0 unspecified atom stereocenters. The third kappa shape index (κ3) is 3.96. The average Bonchev–Trinajstić information content (AvgIpc) is 2.47. The second-order valence-electron chi connectivity index (χ2n) is 4.84. The van der Waals surface area contributed by atoms with Crippen molar-refractivity contribution >= 4 is 17.9 Å². The van der Waals surface area contributed by atoms with E-state index in [0.717, 1.165) is 16.7 Å². The van der Waals surface area contributed by atoms with Gasteiger partial charge in [-0.1, -0.05) is 36.4 Å². The zero-order valence-corrected chi connectivity index (χ0v) is 12.2. The summed E-state index contributed by atoms with van der Waals surface area (Å²) in [4.78, 5) is 15.1. The number of amides is 1. The number of nitrogens with zero attached hydrogens (tertiary/aromatic N) is 1. The molecular formula is C17H17N3O2. The standard InChI is InChI=1S/C17H17N3O2/c1-11(16(22)20-17(18)19)9-12-5-7-13(8-6-12)14-3-2-4-15(21)10-14/h2-10,21H,1H3,(H4,18,19,20,22)/b11-9+. The van der Waals surface area contributed by atoms with Gasteiger partial charge in [-0.25, -0.2) is 0 Å². The molecule has 0 spiro atoms. The molecule has 0 saturated heterocycles. The van der Waals surface area contributed by atoms with E-state index >= 15 is 0 Å². The number of hydrogen-bond donors (Lipinski definition) is 3. The predicted octanol–water partition coefficient (Wildman–Crippen LogP) is 2.26. The van der Waals surface area contributed by atoms with Gasteiger partial charge in [-0.3, -0.25) is 4.79 Å². The molecule has 22 heavy (non-hydrogen) atoms. The SMILES string of the molecule is C/C(=C\c1ccc(-c2cccc(O)c2)cc1)C(=O)N=C(N)N. The Hall–Kier alpha value is -3.08. The fraction of sp³-hybridized carbons (Fsp3) is 0.0588. The minimum atomic E-state index is -0.461. The first kappa shape index (κ1) is 15.3. The Morgan fingerprint density at radius 1 is 1.09 bits per heavy atom. The first-order chi connectivity index (χ1) is 10.5. The van der Waals surface area contributed by atoms with Crippen molar-refractivity contribution in [3.8, 4) is 16.9 Å². The first-order valence-corrected chi connectivity index (χ1v) is 6.67. The highest BCUT2D eigenvalue weighted by atomic mass is 16.3. The molecule has 5 heteroatoms. The van der Waals surface area contributed by atoms with E-state index in [2.05, 4.69) is 4.99 Å². The Morgan fingerprint density at radius 2 is 1.77 bits per heavy atom. The van der Waals surface area contributed by atoms with Crippen LogP contribution in [0.5, 0.6) is 5.75 Å². The van der Waals surface area contributed by atoms with Crippen LogP contribution in [0.3, 0.4) is 0 Å². The molecular weight excluding hydrogens is 278 g/mol. The van der Waals surface area contributed by atoms with Gasteiger partial charge < -0.3 is 16.6 Å². The van der Waals surface area contributed by atoms with Gasteiger partial charge in [-0.2, -0.15) is 4.99 Å². The summed E-state index contributed by atoms with van der Waals surface area (Å²) >= 11 is 0. The number of aliphatic imine (C=N–C) groups is 1. The van der Waals surface area contributed by atoms with Crippen molar-refractivity contribution in [1.29, 1.82) is 0 Å². The lowest BCUT2D eigenvalue weighted by molar-refractivity contribution is -0.114. The molecule has 0 aromatic heterocycles. The first-order valence-electron chi connectivity index (χ1n) is 6.67. The van der Waals surface area contributed by atoms with Gasteiger partial charge in [0.05, 0.1) is 0 Å². The summed E-state index contributed by atoms with van der Waals surface area (Å²) in [6.07, 6.45) is 1.71. The smallest absolute Gasteiger partial charge is 0.275 e.